The Morgan fingerprint density at radius 2 is 2.12 bits per heavy atom. The molecule has 0 spiro atoms. The Hall–Kier alpha value is -1.78. The molecular formula is C12H18N2O3. The highest BCUT2D eigenvalue weighted by Gasteiger charge is 2.18. The number of nitrogens with one attached hydrogen (secondary N) is 1. The summed E-state index contributed by atoms with van der Waals surface area (Å²) >= 11 is 0. The summed E-state index contributed by atoms with van der Waals surface area (Å²) in [5.41, 5.74) is 0.139. The van der Waals surface area contributed by atoms with Crippen LogP contribution in [0.5, 0.6) is 5.75 Å². The molecule has 0 aliphatic rings. The maximum Gasteiger partial charge on any atom is 0.408 e. The third-order valence-corrected chi connectivity index (χ3v) is 1.95. The van der Waals surface area contributed by atoms with Gasteiger partial charge >= 0.3 is 6.09 Å². The van der Waals surface area contributed by atoms with Crippen LogP contribution < -0.4 is 5.32 Å². The molecule has 0 fully saturated rings. The van der Waals surface area contributed by atoms with E-state index in [0.29, 0.717) is 5.69 Å². The molecule has 1 atom stereocenters. The van der Waals surface area contributed by atoms with Gasteiger partial charge in [-0.25, -0.2) is 4.79 Å². The molecule has 94 valence electrons. The monoisotopic (exact) mass is 238 g/mol. The first-order valence-corrected chi connectivity index (χ1v) is 5.42. The molecule has 0 aliphatic heterocycles. The first-order valence-electron chi connectivity index (χ1n) is 5.42. The summed E-state index contributed by atoms with van der Waals surface area (Å²) in [5, 5.41) is 11.8. The van der Waals surface area contributed by atoms with Crippen LogP contribution in [0.3, 0.4) is 0 Å². The van der Waals surface area contributed by atoms with Crippen molar-refractivity contribution in [2.24, 2.45) is 0 Å². The van der Waals surface area contributed by atoms with E-state index in [1.165, 1.54) is 12.3 Å². The van der Waals surface area contributed by atoms with E-state index in [0.717, 1.165) is 0 Å². The largest absolute Gasteiger partial charge is 0.506 e. The van der Waals surface area contributed by atoms with E-state index in [1.54, 1.807) is 33.8 Å². The molecule has 0 bridgehead atoms. The van der Waals surface area contributed by atoms with Crippen molar-refractivity contribution < 1.29 is 14.6 Å². The number of alkyl carbamates (subject to hydrolysis) is 1. The average molecular weight is 238 g/mol. The Morgan fingerprint density at radius 3 is 2.59 bits per heavy atom. The molecule has 2 N–H and O–H groups in total. The van der Waals surface area contributed by atoms with E-state index in [2.05, 4.69) is 10.3 Å². The Bertz CT molecular complexity index is 382. The molecule has 0 radical (unpaired) electrons. The van der Waals surface area contributed by atoms with E-state index in [1.807, 2.05) is 0 Å². The van der Waals surface area contributed by atoms with Crippen LogP contribution in [0.15, 0.2) is 18.3 Å². The fourth-order valence-corrected chi connectivity index (χ4v) is 1.21. The molecule has 1 amide bonds. The van der Waals surface area contributed by atoms with Crippen LogP contribution in [0.4, 0.5) is 4.79 Å². The third-order valence-electron chi connectivity index (χ3n) is 1.95. The first kappa shape index (κ1) is 13.3. The predicted octanol–water partition coefficient (Wildman–Crippen LogP) is 2.37. The lowest BCUT2D eigenvalue weighted by atomic mass is 10.2. The summed E-state index contributed by atoms with van der Waals surface area (Å²) in [4.78, 5) is 15.5. The summed E-state index contributed by atoms with van der Waals surface area (Å²) in [6.07, 6.45) is 0.850. The molecule has 1 aromatic heterocycles. The number of hydrogen-bond acceptors (Lipinski definition) is 4. The quantitative estimate of drug-likeness (QED) is 0.829. The van der Waals surface area contributed by atoms with Crippen molar-refractivity contribution in [3.8, 4) is 5.75 Å². The van der Waals surface area contributed by atoms with Gasteiger partial charge in [0.15, 0.2) is 0 Å². The van der Waals surface area contributed by atoms with Crippen molar-refractivity contribution in [1.82, 2.24) is 10.3 Å². The SMILES string of the molecule is C[C@H](NC(=O)OC(C)(C)C)c1ccc(O)cn1. The average Bonchev–Trinajstić information content (AvgIpc) is 2.15. The summed E-state index contributed by atoms with van der Waals surface area (Å²) in [5.74, 6) is 0.0956. The number of carbonyl (C=O) groups excluding carboxylic acids is 1. The highest BCUT2D eigenvalue weighted by molar-refractivity contribution is 5.68. The van der Waals surface area contributed by atoms with Crippen LogP contribution in [-0.2, 0) is 4.74 Å². The standard InChI is InChI=1S/C12H18N2O3/c1-8(10-6-5-9(15)7-13-10)14-11(16)17-12(2,3)4/h5-8,15H,1-4H3,(H,14,16)/t8-/m0/s1. The fourth-order valence-electron chi connectivity index (χ4n) is 1.21. The van der Waals surface area contributed by atoms with E-state index >= 15 is 0 Å². The lowest BCUT2D eigenvalue weighted by Crippen LogP contribution is -2.34. The van der Waals surface area contributed by atoms with Gasteiger partial charge in [0.25, 0.3) is 0 Å². The van der Waals surface area contributed by atoms with Gasteiger partial charge in [0.1, 0.15) is 11.4 Å². The van der Waals surface area contributed by atoms with Crippen molar-refractivity contribution in [3.05, 3.63) is 24.0 Å². The Labute approximate surface area is 101 Å². The van der Waals surface area contributed by atoms with Gasteiger partial charge in [-0.3, -0.25) is 4.98 Å². The number of amides is 1. The second-order valence-corrected chi connectivity index (χ2v) is 4.81. The Kier molecular flexibility index (Phi) is 3.93. The van der Waals surface area contributed by atoms with E-state index in [4.69, 9.17) is 9.84 Å². The van der Waals surface area contributed by atoms with Crippen molar-refractivity contribution in [2.75, 3.05) is 0 Å². The number of aromatic hydroxyl groups is 1. The van der Waals surface area contributed by atoms with Gasteiger partial charge < -0.3 is 15.2 Å². The number of ether oxygens (including phenoxy) is 1. The molecule has 1 rings (SSSR count). The topological polar surface area (TPSA) is 71.5 Å². The highest BCUT2D eigenvalue weighted by Crippen LogP contribution is 2.14. The number of pyridine rings is 1. The number of carbonyl (C=O) groups is 1. The minimum Gasteiger partial charge on any atom is -0.506 e. The summed E-state index contributed by atoms with van der Waals surface area (Å²) in [6, 6.07) is 2.90. The van der Waals surface area contributed by atoms with Crippen LogP contribution in [-0.4, -0.2) is 21.8 Å². The maximum absolute atomic E-state index is 11.5. The zero-order valence-electron chi connectivity index (χ0n) is 10.5. The molecule has 0 aromatic carbocycles. The maximum atomic E-state index is 11.5. The molecule has 1 aromatic rings. The number of hydrogen-bond donors (Lipinski definition) is 2. The number of aromatic nitrogens is 1. The molecular weight excluding hydrogens is 220 g/mol. The molecule has 1 heterocycles. The van der Waals surface area contributed by atoms with Crippen molar-refractivity contribution in [2.45, 2.75) is 39.3 Å². The van der Waals surface area contributed by atoms with E-state index < -0.39 is 11.7 Å². The van der Waals surface area contributed by atoms with Crippen molar-refractivity contribution in [1.29, 1.82) is 0 Å². The van der Waals surface area contributed by atoms with E-state index in [9.17, 15) is 4.79 Å². The summed E-state index contributed by atoms with van der Waals surface area (Å²) in [6.45, 7) is 7.20. The highest BCUT2D eigenvalue weighted by atomic mass is 16.6. The van der Waals surface area contributed by atoms with Gasteiger partial charge in [0.05, 0.1) is 17.9 Å². The van der Waals surface area contributed by atoms with Crippen LogP contribution >= 0.6 is 0 Å². The van der Waals surface area contributed by atoms with Crippen LogP contribution in [0.1, 0.15) is 39.4 Å². The van der Waals surface area contributed by atoms with Gasteiger partial charge in [-0.15, -0.1) is 0 Å². The zero-order chi connectivity index (χ0) is 13.1. The molecule has 5 heteroatoms. The Morgan fingerprint density at radius 1 is 1.47 bits per heavy atom. The van der Waals surface area contributed by atoms with Crippen LogP contribution in [0.2, 0.25) is 0 Å². The normalized spacial score (nSPS) is 12.9. The second-order valence-electron chi connectivity index (χ2n) is 4.81. The summed E-state index contributed by atoms with van der Waals surface area (Å²) in [7, 11) is 0. The summed E-state index contributed by atoms with van der Waals surface area (Å²) < 4.78 is 5.13. The lowest BCUT2D eigenvalue weighted by molar-refractivity contribution is 0.0507. The fraction of sp³-hybridized carbons (Fsp3) is 0.500. The molecule has 17 heavy (non-hydrogen) atoms. The van der Waals surface area contributed by atoms with Crippen molar-refractivity contribution >= 4 is 6.09 Å². The Balaban J connectivity index is 2.57. The van der Waals surface area contributed by atoms with E-state index in [-0.39, 0.29) is 11.8 Å². The van der Waals surface area contributed by atoms with Gasteiger partial charge in [-0.05, 0) is 39.8 Å². The molecule has 0 saturated carbocycles. The first-order chi connectivity index (χ1) is 7.78. The van der Waals surface area contributed by atoms with Gasteiger partial charge in [0, 0.05) is 0 Å². The van der Waals surface area contributed by atoms with Gasteiger partial charge in [-0.1, -0.05) is 0 Å². The van der Waals surface area contributed by atoms with Gasteiger partial charge in [-0.2, -0.15) is 0 Å². The second kappa shape index (κ2) is 5.03. The third kappa shape index (κ3) is 4.72. The number of rotatable bonds is 2. The van der Waals surface area contributed by atoms with Crippen molar-refractivity contribution in [3.63, 3.8) is 0 Å². The molecule has 0 saturated heterocycles. The minimum atomic E-state index is -0.522. The molecule has 0 aliphatic carbocycles. The van der Waals surface area contributed by atoms with Gasteiger partial charge in [0.2, 0.25) is 0 Å². The number of nitrogens with zero attached hydrogens (tertiary/aromatic N) is 1. The predicted molar refractivity (Wildman–Crippen MR) is 63.7 cm³/mol. The van der Waals surface area contributed by atoms with Crippen LogP contribution in [0, 0.1) is 0 Å². The molecule has 0 unspecified atom stereocenters. The molecule has 5 nitrogen and oxygen atoms in total. The lowest BCUT2D eigenvalue weighted by Gasteiger charge is -2.21. The zero-order valence-corrected chi connectivity index (χ0v) is 10.5. The minimum absolute atomic E-state index is 0.0956. The smallest absolute Gasteiger partial charge is 0.408 e. The van der Waals surface area contributed by atoms with Crippen LogP contribution in [0.25, 0.3) is 0 Å².